The largest absolute Gasteiger partial charge is 0.468 e. The molecular formula is C10H10F3NO2. The standard InChI is InChI=1S/C10H10F3NO2/c1-16-10(15)8(14)4-5-6(11)2-3-7(12)9(5)13/h2-3,8H,4,14H2,1H3/t8-/m0/s1. The van der Waals surface area contributed by atoms with Crippen LogP contribution in [-0.2, 0) is 16.0 Å². The highest BCUT2D eigenvalue weighted by molar-refractivity contribution is 5.75. The lowest BCUT2D eigenvalue weighted by Gasteiger charge is -2.10. The van der Waals surface area contributed by atoms with Crippen molar-refractivity contribution in [3.63, 3.8) is 0 Å². The third kappa shape index (κ3) is 2.52. The van der Waals surface area contributed by atoms with Crippen LogP contribution in [0.5, 0.6) is 0 Å². The average Bonchev–Trinajstić information content (AvgIpc) is 2.28. The molecule has 0 aliphatic carbocycles. The van der Waals surface area contributed by atoms with Gasteiger partial charge in [-0.2, -0.15) is 0 Å². The second-order valence-electron chi connectivity index (χ2n) is 3.16. The predicted octanol–water partition coefficient (Wildman–Crippen LogP) is 1.15. The lowest BCUT2D eigenvalue weighted by Crippen LogP contribution is -2.34. The molecule has 1 aromatic carbocycles. The zero-order valence-electron chi connectivity index (χ0n) is 8.47. The lowest BCUT2D eigenvalue weighted by atomic mass is 10.1. The van der Waals surface area contributed by atoms with E-state index in [-0.39, 0.29) is 0 Å². The normalized spacial score (nSPS) is 12.3. The first kappa shape index (κ1) is 12.5. The number of hydrogen-bond acceptors (Lipinski definition) is 3. The summed E-state index contributed by atoms with van der Waals surface area (Å²) in [5.74, 6) is -4.28. The molecule has 0 aliphatic rings. The lowest BCUT2D eigenvalue weighted by molar-refractivity contribution is -0.142. The van der Waals surface area contributed by atoms with E-state index in [1.54, 1.807) is 0 Å². The Balaban J connectivity index is 2.97. The third-order valence-corrected chi connectivity index (χ3v) is 2.07. The molecule has 0 aromatic heterocycles. The Morgan fingerprint density at radius 2 is 1.94 bits per heavy atom. The van der Waals surface area contributed by atoms with E-state index in [1.807, 2.05) is 0 Å². The van der Waals surface area contributed by atoms with Gasteiger partial charge >= 0.3 is 5.97 Å². The highest BCUT2D eigenvalue weighted by atomic mass is 19.2. The van der Waals surface area contributed by atoms with Crippen molar-refractivity contribution in [2.24, 2.45) is 5.73 Å². The molecule has 6 heteroatoms. The first-order valence-electron chi connectivity index (χ1n) is 4.43. The number of carbonyl (C=O) groups is 1. The van der Waals surface area contributed by atoms with Gasteiger partial charge in [0.1, 0.15) is 11.9 Å². The minimum absolute atomic E-state index is 0.456. The highest BCUT2D eigenvalue weighted by Gasteiger charge is 2.21. The number of esters is 1. The number of ether oxygens (including phenoxy) is 1. The number of methoxy groups -OCH3 is 1. The van der Waals surface area contributed by atoms with Crippen LogP contribution in [0.2, 0.25) is 0 Å². The van der Waals surface area contributed by atoms with Gasteiger partial charge in [-0.1, -0.05) is 0 Å². The van der Waals surface area contributed by atoms with Gasteiger partial charge in [0.15, 0.2) is 11.6 Å². The smallest absolute Gasteiger partial charge is 0.322 e. The Hall–Kier alpha value is -1.56. The SMILES string of the molecule is COC(=O)[C@@H](N)Cc1c(F)ccc(F)c1F. The summed E-state index contributed by atoms with van der Waals surface area (Å²) in [4.78, 5) is 10.9. The van der Waals surface area contributed by atoms with Crippen molar-refractivity contribution < 1.29 is 22.7 Å². The van der Waals surface area contributed by atoms with E-state index in [4.69, 9.17) is 5.73 Å². The summed E-state index contributed by atoms with van der Waals surface area (Å²) < 4.78 is 43.4. The highest BCUT2D eigenvalue weighted by Crippen LogP contribution is 2.17. The van der Waals surface area contributed by atoms with Gasteiger partial charge in [0.05, 0.1) is 7.11 Å². The summed E-state index contributed by atoms with van der Waals surface area (Å²) in [6, 6.07) is 0.214. The van der Waals surface area contributed by atoms with Gasteiger partial charge < -0.3 is 10.5 Å². The zero-order chi connectivity index (χ0) is 12.3. The van der Waals surface area contributed by atoms with Crippen molar-refractivity contribution >= 4 is 5.97 Å². The van der Waals surface area contributed by atoms with Gasteiger partial charge in [0.2, 0.25) is 0 Å². The molecule has 0 amide bonds. The molecule has 3 nitrogen and oxygen atoms in total. The van der Waals surface area contributed by atoms with Gasteiger partial charge in [0, 0.05) is 12.0 Å². The van der Waals surface area contributed by atoms with E-state index in [0.717, 1.165) is 13.2 Å². The number of hydrogen-bond donors (Lipinski definition) is 1. The Bertz CT molecular complexity index is 409. The fourth-order valence-electron chi connectivity index (χ4n) is 1.21. The molecule has 0 heterocycles. The molecule has 0 saturated heterocycles. The topological polar surface area (TPSA) is 52.3 Å². The number of nitrogens with two attached hydrogens (primary N) is 1. The zero-order valence-corrected chi connectivity index (χ0v) is 8.47. The van der Waals surface area contributed by atoms with Crippen LogP contribution in [-0.4, -0.2) is 19.1 Å². The number of halogens is 3. The second-order valence-corrected chi connectivity index (χ2v) is 3.16. The van der Waals surface area contributed by atoms with Crippen LogP contribution in [0.3, 0.4) is 0 Å². The van der Waals surface area contributed by atoms with Crippen molar-refractivity contribution in [3.05, 3.63) is 35.1 Å². The molecule has 1 atom stereocenters. The molecule has 1 rings (SSSR count). The molecule has 88 valence electrons. The Morgan fingerprint density at radius 3 is 2.50 bits per heavy atom. The summed E-state index contributed by atoms with van der Waals surface area (Å²) in [6.07, 6.45) is -0.456. The average molecular weight is 233 g/mol. The van der Waals surface area contributed by atoms with E-state index in [2.05, 4.69) is 4.74 Å². The maximum absolute atomic E-state index is 13.2. The Labute approximate surface area is 90.0 Å². The van der Waals surface area contributed by atoms with Crippen LogP contribution in [0.15, 0.2) is 12.1 Å². The van der Waals surface area contributed by atoms with Crippen LogP contribution in [0.1, 0.15) is 5.56 Å². The van der Waals surface area contributed by atoms with Crippen molar-refractivity contribution in [1.82, 2.24) is 0 Å². The Kier molecular flexibility index (Phi) is 3.89. The summed E-state index contributed by atoms with van der Waals surface area (Å²) in [5, 5.41) is 0. The second kappa shape index (κ2) is 4.98. The maximum atomic E-state index is 13.2. The number of rotatable bonds is 3. The van der Waals surface area contributed by atoms with E-state index >= 15 is 0 Å². The van der Waals surface area contributed by atoms with Crippen LogP contribution in [0.25, 0.3) is 0 Å². The molecule has 0 unspecified atom stereocenters. The summed E-state index contributed by atoms with van der Waals surface area (Å²) in [6.45, 7) is 0. The van der Waals surface area contributed by atoms with E-state index < -0.39 is 41.4 Å². The quantitative estimate of drug-likeness (QED) is 0.629. The first-order chi connectivity index (χ1) is 7.47. The van der Waals surface area contributed by atoms with Gasteiger partial charge in [-0.15, -0.1) is 0 Å². The molecule has 0 radical (unpaired) electrons. The monoisotopic (exact) mass is 233 g/mol. The van der Waals surface area contributed by atoms with Crippen molar-refractivity contribution in [2.75, 3.05) is 7.11 Å². The molecule has 2 N–H and O–H groups in total. The van der Waals surface area contributed by atoms with Crippen LogP contribution >= 0.6 is 0 Å². The molecule has 0 saturated carbocycles. The molecule has 0 spiro atoms. The van der Waals surface area contributed by atoms with Gasteiger partial charge in [-0.05, 0) is 12.1 Å². The van der Waals surface area contributed by atoms with Crippen molar-refractivity contribution in [1.29, 1.82) is 0 Å². The molecular weight excluding hydrogens is 223 g/mol. The van der Waals surface area contributed by atoms with Gasteiger partial charge in [-0.3, -0.25) is 4.79 Å². The molecule has 16 heavy (non-hydrogen) atoms. The van der Waals surface area contributed by atoms with Crippen LogP contribution in [0, 0.1) is 17.5 Å². The van der Waals surface area contributed by atoms with Gasteiger partial charge in [0.25, 0.3) is 0 Å². The first-order valence-corrected chi connectivity index (χ1v) is 4.43. The molecule has 1 aromatic rings. The van der Waals surface area contributed by atoms with Crippen LogP contribution < -0.4 is 5.73 Å². The predicted molar refractivity (Wildman–Crippen MR) is 50.0 cm³/mol. The maximum Gasteiger partial charge on any atom is 0.322 e. The van der Waals surface area contributed by atoms with E-state index in [9.17, 15) is 18.0 Å². The van der Waals surface area contributed by atoms with Gasteiger partial charge in [-0.25, -0.2) is 13.2 Å². The number of carbonyl (C=O) groups excluding carboxylic acids is 1. The van der Waals surface area contributed by atoms with Crippen molar-refractivity contribution in [2.45, 2.75) is 12.5 Å². The van der Waals surface area contributed by atoms with E-state index in [1.165, 1.54) is 0 Å². The fourth-order valence-corrected chi connectivity index (χ4v) is 1.21. The fraction of sp³-hybridized carbons (Fsp3) is 0.300. The van der Waals surface area contributed by atoms with Crippen LogP contribution in [0.4, 0.5) is 13.2 Å². The van der Waals surface area contributed by atoms with E-state index in [0.29, 0.717) is 6.07 Å². The minimum Gasteiger partial charge on any atom is -0.468 e. The number of benzene rings is 1. The minimum atomic E-state index is -1.33. The third-order valence-electron chi connectivity index (χ3n) is 2.07. The summed E-state index contributed by atoms with van der Waals surface area (Å²) in [7, 11) is 1.10. The molecule has 0 bridgehead atoms. The molecule has 0 fully saturated rings. The van der Waals surface area contributed by atoms with Crippen molar-refractivity contribution in [3.8, 4) is 0 Å². The summed E-state index contributed by atoms with van der Waals surface area (Å²) in [5.41, 5.74) is 4.76. The Morgan fingerprint density at radius 1 is 1.38 bits per heavy atom. The molecule has 0 aliphatic heterocycles. The summed E-state index contributed by atoms with van der Waals surface area (Å²) >= 11 is 0.